The maximum Gasteiger partial charge on any atom is 0.326 e. The van der Waals surface area contributed by atoms with Crippen LogP contribution >= 0.6 is 0 Å². The van der Waals surface area contributed by atoms with Crippen molar-refractivity contribution in [1.29, 1.82) is 0 Å². The molecule has 1 heterocycles. The average Bonchev–Trinajstić information content (AvgIpc) is 3.44. The number of nitrogens with zero attached hydrogens (tertiary/aromatic N) is 1. The van der Waals surface area contributed by atoms with E-state index in [4.69, 9.17) is 4.42 Å². The van der Waals surface area contributed by atoms with Crippen LogP contribution in [0.25, 0.3) is 11.3 Å². The van der Waals surface area contributed by atoms with Gasteiger partial charge < -0.3 is 19.9 Å². The molecule has 8 nitrogen and oxygen atoms in total. The van der Waals surface area contributed by atoms with E-state index in [9.17, 15) is 24.6 Å². The van der Waals surface area contributed by atoms with Crippen molar-refractivity contribution in [2.45, 2.75) is 64.3 Å². The van der Waals surface area contributed by atoms with Crippen LogP contribution in [0.2, 0.25) is 0 Å². The van der Waals surface area contributed by atoms with Crippen LogP contribution in [0.5, 0.6) is 0 Å². The van der Waals surface area contributed by atoms with Crippen LogP contribution in [0.15, 0.2) is 41.0 Å². The second-order valence-corrected chi connectivity index (χ2v) is 8.58. The summed E-state index contributed by atoms with van der Waals surface area (Å²) < 4.78 is 5.46. The number of carboxylic acids is 2. The average molecular weight is 443 g/mol. The fourth-order valence-electron chi connectivity index (χ4n) is 4.54. The number of carbonyl (C=O) groups excluding carboxylic acids is 1. The normalized spacial score (nSPS) is 16.9. The lowest BCUT2D eigenvalue weighted by molar-refractivity contribution is -0.147. The predicted molar refractivity (Wildman–Crippen MR) is 117 cm³/mol. The number of oxazole rings is 1. The molecule has 172 valence electrons. The number of carbonyl (C=O) groups is 3. The van der Waals surface area contributed by atoms with E-state index >= 15 is 0 Å². The van der Waals surface area contributed by atoms with E-state index in [1.54, 1.807) is 0 Å². The Hall–Kier alpha value is -3.16. The third-order valence-electron chi connectivity index (χ3n) is 6.27. The minimum atomic E-state index is -1.21. The van der Waals surface area contributed by atoms with Crippen molar-refractivity contribution in [3.8, 4) is 11.3 Å². The zero-order chi connectivity index (χ0) is 23.1. The SMILES string of the molecule is CCC[C@H](CC1(C(=O)N[C@@H](Cc2nc(-c3ccccc3)co2)C(=O)O)CCCC1)C(=O)O. The molecule has 1 aliphatic rings. The number of aromatic nitrogens is 1. The highest BCUT2D eigenvalue weighted by Crippen LogP contribution is 2.44. The van der Waals surface area contributed by atoms with E-state index in [-0.39, 0.29) is 24.6 Å². The quantitative estimate of drug-likeness (QED) is 0.481. The van der Waals surface area contributed by atoms with E-state index in [0.29, 0.717) is 31.4 Å². The van der Waals surface area contributed by atoms with Crippen LogP contribution in [0.3, 0.4) is 0 Å². The number of amides is 1. The Morgan fingerprint density at radius 2 is 1.81 bits per heavy atom. The lowest BCUT2D eigenvalue weighted by Gasteiger charge is -2.31. The Morgan fingerprint density at radius 1 is 1.12 bits per heavy atom. The zero-order valence-corrected chi connectivity index (χ0v) is 18.3. The Balaban J connectivity index is 1.73. The largest absolute Gasteiger partial charge is 0.481 e. The van der Waals surface area contributed by atoms with Crippen LogP contribution in [-0.4, -0.2) is 39.1 Å². The van der Waals surface area contributed by atoms with E-state index in [1.165, 1.54) is 6.26 Å². The first-order valence-corrected chi connectivity index (χ1v) is 11.1. The molecule has 1 aliphatic carbocycles. The minimum Gasteiger partial charge on any atom is -0.481 e. The second-order valence-electron chi connectivity index (χ2n) is 8.58. The Labute approximate surface area is 187 Å². The standard InChI is InChI=1S/C24H30N2O6/c1-2-8-17(21(27)28)14-24(11-6-7-12-24)23(31)26-18(22(29)30)13-20-25-19(15-32-20)16-9-4-3-5-10-16/h3-5,9-10,15,17-18H,2,6-8,11-14H2,1H3,(H,26,31)(H,27,28)(H,29,30)/t17-,18+/m1/s1. The van der Waals surface area contributed by atoms with Gasteiger partial charge >= 0.3 is 11.9 Å². The highest BCUT2D eigenvalue weighted by molar-refractivity contribution is 5.88. The number of carboxylic acid groups (broad SMARTS) is 2. The molecule has 0 spiro atoms. The third kappa shape index (κ3) is 5.55. The van der Waals surface area contributed by atoms with Gasteiger partial charge in [-0.05, 0) is 25.7 Å². The number of hydrogen-bond donors (Lipinski definition) is 3. The van der Waals surface area contributed by atoms with E-state index in [2.05, 4.69) is 10.3 Å². The number of nitrogens with one attached hydrogen (secondary N) is 1. The molecule has 0 bridgehead atoms. The lowest BCUT2D eigenvalue weighted by Crippen LogP contribution is -2.49. The number of rotatable bonds is 11. The fourth-order valence-corrected chi connectivity index (χ4v) is 4.54. The number of hydrogen-bond acceptors (Lipinski definition) is 5. The fraction of sp³-hybridized carbons (Fsp3) is 0.500. The summed E-state index contributed by atoms with van der Waals surface area (Å²) in [6.45, 7) is 1.91. The molecule has 1 aromatic heterocycles. The summed E-state index contributed by atoms with van der Waals surface area (Å²) in [5, 5.41) is 21.9. The van der Waals surface area contributed by atoms with Crippen LogP contribution in [0, 0.1) is 11.3 Å². The van der Waals surface area contributed by atoms with Crippen molar-refractivity contribution in [2.75, 3.05) is 0 Å². The first-order chi connectivity index (χ1) is 15.3. The molecule has 2 aromatic rings. The van der Waals surface area contributed by atoms with Crippen LogP contribution in [0.1, 0.15) is 57.8 Å². The van der Waals surface area contributed by atoms with Crippen molar-refractivity contribution in [2.24, 2.45) is 11.3 Å². The van der Waals surface area contributed by atoms with Gasteiger partial charge in [-0.1, -0.05) is 56.5 Å². The maximum atomic E-state index is 13.2. The van der Waals surface area contributed by atoms with E-state index < -0.39 is 29.3 Å². The molecule has 8 heteroatoms. The van der Waals surface area contributed by atoms with Crippen molar-refractivity contribution in [3.05, 3.63) is 42.5 Å². The molecule has 0 aliphatic heterocycles. The lowest BCUT2D eigenvalue weighted by atomic mass is 9.75. The molecule has 32 heavy (non-hydrogen) atoms. The molecule has 3 N–H and O–H groups in total. The smallest absolute Gasteiger partial charge is 0.326 e. The van der Waals surface area contributed by atoms with Gasteiger partial charge in [0, 0.05) is 5.56 Å². The van der Waals surface area contributed by atoms with Gasteiger partial charge in [-0.2, -0.15) is 0 Å². The zero-order valence-electron chi connectivity index (χ0n) is 18.3. The second kappa shape index (κ2) is 10.4. The third-order valence-corrected chi connectivity index (χ3v) is 6.27. The van der Waals surface area contributed by atoms with Crippen LogP contribution in [-0.2, 0) is 20.8 Å². The van der Waals surface area contributed by atoms with Gasteiger partial charge in [-0.3, -0.25) is 9.59 Å². The topological polar surface area (TPSA) is 130 Å². The maximum absolute atomic E-state index is 13.2. The van der Waals surface area contributed by atoms with Crippen LogP contribution in [0.4, 0.5) is 0 Å². The molecule has 1 amide bonds. The van der Waals surface area contributed by atoms with Gasteiger partial charge in [0.15, 0.2) is 5.89 Å². The molecule has 1 fully saturated rings. The monoisotopic (exact) mass is 442 g/mol. The molecule has 2 atom stereocenters. The van der Waals surface area contributed by atoms with Gasteiger partial charge in [0.1, 0.15) is 18.0 Å². The van der Waals surface area contributed by atoms with E-state index in [1.807, 2.05) is 37.3 Å². The first-order valence-electron chi connectivity index (χ1n) is 11.1. The van der Waals surface area contributed by atoms with Crippen molar-refractivity contribution >= 4 is 17.8 Å². The Bertz CT molecular complexity index is 933. The van der Waals surface area contributed by atoms with Crippen LogP contribution < -0.4 is 5.32 Å². The highest BCUT2D eigenvalue weighted by Gasteiger charge is 2.45. The summed E-state index contributed by atoms with van der Waals surface area (Å²) >= 11 is 0. The predicted octanol–water partition coefficient (Wildman–Crippen LogP) is 3.90. The molecular weight excluding hydrogens is 412 g/mol. The van der Waals surface area contributed by atoms with Crippen molar-refractivity contribution in [1.82, 2.24) is 10.3 Å². The highest BCUT2D eigenvalue weighted by atomic mass is 16.4. The Kier molecular flexibility index (Phi) is 7.66. The molecule has 0 unspecified atom stereocenters. The van der Waals surface area contributed by atoms with Gasteiger partial charge in [-0.15, -0.1) is 0 Å². The number of benzene rings is 1. The van der Waals surface area contributed by atoms with Crippen molar-refractivity contribution in [3.63, 3.8) is 0 Å². The first kappa shape index (κ1) is 23.5. The molecule has 3 rings (SSSR count). The molecule has 1 aromatic carbocycles. The molecule has 1 saturated carbocycles. The van der Waals surface area contributed by atoms with Gasteiger partial charge in [-0.25, -0.2) is 9.78 Å². The summed E-state index contributed by atoms with van der Waals surface area (Å²) in [6.07, 6.45) is 5.57. The summed E-state index contributed by atoms with van der Waals surface area (Å²) in [4.78, 5) is 41.2. The Morgan fingerprint density at radius 3 is 2.41 bits per heavy atom. The van der Waals surface area contributed by atoms with Gasteiger partial charge in [0.2, 0.25) is 5.91 Å². The minimum absolute atomic E-state index is 0.0959. The molecule has 0 saturated heterocycles. The van der Waals surface area contributed by atoms with Crippen molar-refractivity contribution < 1.29 is 29.0 Å². The summed E-state index contributed by atoms with van der Waals surface area (Å²) in [5.74, 6) is -2.89. The van der Waals surface area contributed by atoms with E-state index in [0.717, 1.165) is 18.4 Å². The van der Waals surface area contributed by atoms with Gasteiger partial charge in [0.25, 0.3) is 0 Å². The summed E-state index contributed by atoms with van der Waals surface area (Å²) in [7, 11) is 0. The summed E-state index contributed by atoms with van der Waals surface area (Å²) in [5.41, 5.74) is 0.587. The molecular formula is C24H30N2O6. The van der Waals surface area contributed by atoms with Gasteiger partial charge in [0.05, 0.1) is 17.8 Å². The molecule has 0 radical (unpaired) electrons. The summed E-state index contributed by atoms with van der Waals surface area (Å²) in [6, 6.07) is 8.15. The number of aliphatic carboxylic acids is 2.